The summed E-state index contributed by atoms with van der Waals surface area (Å²) in [5.41, 5.74) is -1.10. The van der Waals surface area contributed by atoms with Gasteiger partial charge in [-0.25, -0.2) is 0 Å². The lowest BCUT2D eigenvalue weighted by molar-refractivity contribution is -0.186. The van der Waals surface area contributed by atoms with Crippen molar-refractivity contribution in [3.05, 3.63) is 24.3 Å². The summed E-state index contributed by atoms with van der Waals surface area (Å²) in [6.07, 6.45) is -0.935. The molecule has 0 amide bonds. The van der Waals surface area contributed by atoms with Crippen LogP contribution in [0, 0.1) is 17.3 Å². The van der Waals surface area contributed by atoms with Crippen LogP contribution < -0.4 is 0 Å². The Labute approximate surface area is 86.7 Å². The van der Waals surface area contributed by atoms with Crippen LogP contribution in [0.3, 0.4) is 0 Å². The van der Waals surface area contributed by atoms with Crippen LogP contribution in [0.1, 0.15) is 13.8 Å². The Kier molecular flexibility index (Phi) is 2.81. The lowest BCUT2D eigenvalue weighted by Gasteiger charge is -2.39. The van der Waals surface area contributed by atoms with Crippen LogP contribution in [-0.2, 0) is 4.79 Å². The number of carbonyl (C=O) groups excluding carboxylic acids is 1. The highest BCUT2D eigenvalue weighted by atomic mass is 19.4. The number of aldehydes is 1. The quantitative estimate of drug-likeness (QED) is 0.488. The van der Waals surface area contributed by atoms with Crippen molar-refractivity contribution in [3.8, 4) is 0 Å². The molecule has 1 aliphatic carbocycles. The zero-order valence-electron chi connectivity index (χ0n) is 8.64. The highest BCUT2D eigenvalue weighted by Crippen LogP contribution is 2.49. The predicted molar refractivity (Wildman–Crippen MR) is 51.2 cm³/mol. The van der Waals surface area contributed by atoms with E-state index in [2.05, 4.69) is 6.58 Å². The molecule has 0 aliphatic heterocycles. The average Bonchev–Trinajstić information content (AvgIpc) is 2.00. The van der Waals surface area contributed by atoms with Gasteiger partial charge >= 0.3 is 6.18 Å². The van der Waals surface area contributed by atoms with E-state index < -0.39 is 23.4 Å². The Bertz CT molecular complexity index is 312. The highest BCUT2D eigenvalue weighted by molar-refractivity contribution is 5.63. The number of carbonyl (C=O) groups is 1. The molecule has 0 N–H and O–H groups in total. The van der Waals surface area contributed by atoms with Crippen molar-refractivity contribution in [1.82, 2.24) is 0 Å². The van der Waals surface area contributed by atoms with Crippen molar-refractivity contribution in [3.63, 3.8) is 0 Å². The summed E-state index contributed by atoms with van der Waals surface area (Å²) in [4.78, 5) is 10.6. The van der Waals surface area contributed by atoms with Crippen LogP contribution >= 0.6 is 0 Å². The first kappa shape index (κ1) is 12.0. The molecule has 4 heteroatoms. The van der Waals surface area contributed by atoms with Gasteiger partial charge in [0.25, 0.3) is 0 Å². The van der Waals surface area contributed by atoms with Gasteiger partial charge in [-0.3, -0.25) is 0 Å². The first-order valence-corrected chi connectivity index (χ1v) is 4.60. The molecule has 0 saturated heterocycles. The highest BCUT2D eigenvalue weighted by Gasteiger charge is 2.51. The molecule has 2 unspecified atom stereocenters. The molecule has 0 aromatic carbocycles. The average molecular weight is 218 g/mol. The number of halogens is 3. The monoisotopic (exact) mass is 218 g/mol. The number of rotatable bonds is 1. The molecule has 0 bridgehead atoms. The maximum Gasteiger partial charge on any atom is 0.396 e. The smallest absolute Gasteiger partial charge is 0.302 e. The number of hydrogen-bond acceptors (Lipinski definition) is 1. The van der Waals surface area contributed by atoms with E-state index in [0.29, 0.717) is 6.29 Å². The van der Waals surface area contributed by atoms with Crippen molar-refractivity contribution in [2.75, 3.05) is 0 Å². The summed E-state index contributed by atoms with van der Waals surface area (Å²) in [6, 6.07) is 0. The van der Waals surface area contributed by atoms with Crippen molar-refractivity contribution >= 4 is 6.29 Å². The van der Waals surface area contributed by atoms with Crippen LogP contribution in [0.5, 0.6) is 0 Å². The van der Waals surface area contributed by atoms with E-state index in [4.69, 9.17) is 0 Å². The summed E-state index contributed by atoms with van der Waals surface area (Å²) in [7, 11) is 0. The van der Waals surface area contributed by atoms with Gasteiger partial charge in [0, 0.05) is 0 Å². The largest absolute Gasteiger partial charge is 0.396 e. The van der Waals surface area contributed by atoms with Gasteiger partial charge in [-0.15, -0.1) is 0 Å². The predicted octanol–water partition coefficient (Wildman–Crippen LogP) is 3.13. The van der Waals surface area contributed by atoms with Gasteiger partial charge in [0.05, 0.1) is 11.8 Å². The Morgan fingerprint density at radius 1 is 1.47 bits per heavy atom. The number of alkyl halides is 3. The van der Waals surface area contributed by atoms with Crippen molar-refractivity contribution in [2.24, 2.45) is 17.3 Å². The van der Waals surface area contributed by atoms with Crippen LogP contribution in [-0.4, -0.2) is 12.5 Å². The lowest BCUT2D eigenvalue weighted by atomic mass is 9.67. The standard InChI is InChI=1S/C11H13F3O/c1-7-8(6-15)4-5-10(2,3)9(7)11(12,13)14/h4-6,8-9H,1H2,2-3H3. The summed E-state index contributed by atoms with van der Waals surface area (Å²) >= 11 is 0. The van der Waals surface area contributed by atoms with Gasteiger partial charge in [0.1, 0.15) is 6.29 Å². The molecule has 0 heterocycles. The fraction of sp³-hybridized carbons (Fsp3) is 0.545. The molecule has 1 nitrogen and oxygen atoms in total. The molecule has 15 heavy (non-hydrogen) atoms. The Hall–Kier alpha value is -1.06. The topological polar surface area (TPSA) is 17.1 Å². The van der Waals surface area contributed by atoms with E-state index in [-0.39, 0.29) is 5.57 Å². The minimum atomic E-state index is -4.35. The minimum Gasteiger partial charge on any atom is -0.302 e. The van der Waals surface area contributed by atoms with Crippen LogP contribution in [0.4, 0.5) is 13.2 Å². The molecule has 2 atom stereocenters. The van der Waals surface area contributed by atoms with E-state index in [1.165, 1.54) is 26.0 Å². The summed E-state index contributed by atoms with van der Waals surface area (Å²) < 4.78 is 38.4. The Balaban J connectivity index is 3.18. The summed E-state index contributed by atoms with van der Waals surface area (Å²) in [6.45, 7) is 6.40. The van der Waals surface area contributed by atoms with Crippen LogP contribution in [0.2, 0.25) is 0 Å². The molecule has 1 rings (SSSR count). The third-order valence-electron chi connectivity index (χ3n) is 2.75. The van der Waals surface area contributed by atoms with Crippen molar-refractivity contribution in [1.29, 1.82) is 0 Å². The number of allylic oxidation sites excluding steroid dienone is 3. The van der Waals surface area contributed by atoms with Crippen LogP contribution in [0.15, 0.2) is 24.3 Å². The molecular formula is C11H13F3O. The normalized spacial score (nSPS) is 30.3. The Morgan fingerprint density at radius 3 is 2.40 bits per heavy atom. The zero-order chi connectivity index (χ0) is 11.9. The van der Waals surface area contributed by atoms with E-state index >= 15 is 0 Å². The molecule has 0 radical (unpaired) electrons. The molecule has 0 saturated carbocycles. The van der Waals surface area contributed by atoms with Crippen LogP contribution in [0.25, 0.3) is 0 Å². The maximum atomic E-state index is 12.8. The SMILES string of the molecule is C=C1C(C=O)C=CC(C)(C)C1C(F)(F)F. The van der Waals surface area contributed by atoms with Gasteiger partial charge < -0.3 is 4.79 Å². The minimum absolute atomic E-state index is 0.0648. The number of hydrogen-bond donors (Lipinski definition) is 0. The third-order valence-corrected chi connectivity index (χ3v) is 2.75. The zero-order valence-corrected chi connectivity index (χ0v) is 8.64. The molecule has 1 aliphatic rings. The lowest BCUT2D eigenvalue weighted by Crippen LogP contribution is -2.40. The first-order valence-electron chi connectivity index (χ1n) is 4.60. The van der Waals surface area contributed by atoms with E-state index in [1.54, 1.807) is 0 Å². The second-order valence-electron chi connectivity index (χ2n) is 4.39. The Morgan fingerprint density at radius 2 is 2.00 bits per heavy atom. The fourth-order valence-corrected chi connectivity index (χ4v) is 2.01. The molecular weight excluding hydrogens is 205 g/mol. The van der Waals surface area contributed by atoms with Gasteiger partial charge in [-0.1, -0.05) is 38.2 Å². The summed E-state index contributed by atoms with van der Waals surface area (Å²) in [5.74, 6) is -2.46. The van der Waals surface area contributed by atoms with Gasteiger partial charge in [-0.2, -0.15) is 13.2 Å². The van der Waals surface area contributed by atoms with Gasteiger partial charge in [0.15, 0.2) is 0 Å². The summed E-state index contributed by atoms with van der Waals surface area (Å²) in [5, 5.41) is 0. The maximum absolute atomic E-state index is 12.8. The molecule has 84 valence electrons. The van der Waals surface area contributed by atoms with Gasteiger partial charge in [0.2, 0.25) is 0 Å². The van der Waals surface area contributed by atoms with Gasteiger partial charge in [-0.05, 0) is 5.41 Å². The van der Waals surface area contributed by atoms with E-state index in [1.807, 2.05) is 0 Å². The first-order chi connectivity index (χ1) is 6.70. The third kappa shape index (κ3) is 2.13. The van der Waals surface area contributed by atoms with Crippen molar-refractivity contribution in [2.45, 2.75) is 20.0 Å². The second-order valence-corrected chi connectivity index (χ2v) is 4.39. The molecule has 0 fully saturated rings. The fourth-order valence-electron chi connectivity index (χ4n) is 2.01. The van der Waals surface area contributed by atoms with Crippen molar-refractivity contribution < 1.29 is 18.0 Å². The molecule has 0 aromatic heterocycles. The van der Waals surface area contributed by atoms with E-state index in [9.17, 15) is 18.0 Å². The second kappa shape index (κ2) is 3.51. The molecule has 0 spiro atoms. The van der Waals surface area contributed by atoms with E-state index in [0.717, 1.165) is 0 Å². The molecule has 0 aromatic rings.